The normalized spacial score (nSPS) is 18.6. The van der Waals surface area contributed by atoms with Gasteiger partial charge in [0.15, 0.2) is 0 Å². The molecule has 1 heterocycles. The minimum absolute atomic E-state index is 0.191. The third kappa shape index (κ3) is 6.03. The first kappa shape index (κ1) is 14.5. The molecule has 1 amide bonds. The van der Waals surface area contributed by atoms with Crippen LogP contribution in [0.1, 0.15) is 27.2 Å². The standard InChI is InChI=1S/C13H27N3O/c1-4-15-7-9-16(10-8-15)6-5-13(17)14-11-12(2)3/h12H,4-11H2,1-3H3,(H,14,17). The molecule has 1 rings (SSSR count). The van der Waals surface area contributed by atoms with Gasteiger partial charge in [-0.25, -0.2) is 0 Å². The number of piperazine rings is 1. The van der Waals surface area contributed by atoms with Gasteiger partial charge in [-0.05, 0) is 12.5 Å². The summed E-state index contributed by atoms with van der Waals surface area (Å²) >= 11 is 0. The van der Waals surface area contributed by atoms with Crippen molar-refractivity contribution >= 4 is 5.91 Å². The van der Waals surface area contributed by atoms with E-state index in [0.717, 1.165) is 45.8 Å². The molecule has 4 heteroatoms. The minimum Gasteiger partial charge on any atom is -0.356 e. The highest BCUT2D eigenvalue weighted by Gasteiger charge is 2.15. The molecule has 0 atom stereocenters. The molecule has 0 aromatic heterocycles. The zero-order chi connectivity index (χ0) is 12.7. The van der Waals surface area contributed by atoms with Gasteiger partial charge in [-0.2, -0.15) is 0 Å². The number of carbonyl (C=O) groups is 1. The lowest BCUT2D eigenvalue weighted by Gasteiger charge is -2.33. The first-order valence-corrected chi connectivity index (χ1v) is 6.83. The van der Waals surface area contributed by atoms with Gasteiger partial charge < -0.3 is 15.1 Å². The van der Waals surface area contributed by atoms with Crippen molar-refractivity contribution in [3.63, 3.8) is 0 Å². The topological polar surface area (TPSA) is 35.6 Å². The molecule has 1 aliphatic rings. The molecule has 0 aromatic rings. The molecule has 4 nitrogen and oxygen atoms in total. The Labute approximate surface area is 105 Å². The van der Waals surface area contributed by atoms with Crippen LogP contribution in [0.2, 0.25) is 0 Å². The van der Waals surface area contributed by atoms with Crippen LogP contribution in [0, 0.1) is 5.92 Å². The first-order valence-electron chi connectivity index (χ1n) is 6.83. The molecule has 0 unspecified atom stereocenters. The SMILES string of the molecule is CCN1CCN(CCC(=O)NCC(C)C)CC1. The van der Waals surface area contributed by atoms with Crippen LogP contribution in [0.3, 0.4) is 0 Å². The van der Waals surface area contributed by atoms with E-state index in [2.05, 4.69) is 35.9 Å². The monoisotopic (exact) mass is 241 g/mol. The Kier molecular flexibility index (Phi) is 6.52. The molecule has 17 heavy (non-hydrogen) atoms. The van der Waals surface area contributed by atoms with Gasteiger partial charge in [-0.3, -0.25) is 4.79 Å². The fourth-order valence-corrected chi connectivity index (χ4v) is 2.00. The lowest BCUT2D eigenvalue weighted by Crippen LogP contribution is -2.47. The van der Waals surface area contributed by atoms with E-state index in [1.807, 2.05) is 0 Å². The van der Waals surface area contributed by atoms with Crippen molar-refractivity contribution in [3.05, 3.63) is 0 Å². The predicted molar refractivity (Wildman–Crippen MR) is 71.0 cm³/mol. The lowest BCUT2D eigenvalue weighted by atomic mass is 10.2. The van der Waals surface area contributed by atoms with E-state index < -0.39 is 0 Å². The zero-order valence-electron chi connectivity index (χ0n) is 11.5. The predicted octanol–water partition coefficient (Wildman–Crippen LogP) is 0.786. The fraction of sp³-hybridized carbons (Fsp3) is 0.923. The summed E-state index contributed by atoms with van der Waals surface area (Å²) in [6.45, 7) is 13.8. The summed E-state index contributed by atoms with van der Waals surface area (Å²) in [5.74, 6) is 0.726. The number of hydrogen-bond acceptors (Lipinski definition) is 3. The second-order valence-corrected chi connectivity index (χ2v) is 5.22. The van der Waals surface area contributed by atoms with Gasteiger partial charge in [0.1, 0.15) is 0 Å². The average molecular weight is 241 g/mol. The Hall–Kier alpha value is -0.610. The number of likely N-dealkylation sites (N-methyl/N-ethyl adjacent to an activating group) is 1. The van der Waals surface area contributed by atoms with E-state index in [0.29, 0.717) is 12.3 Å². The van der Waals surface area contributed by atoms with Crippen LogP contribution in [-0.4, -0.2) is 61.5 Å². The van der Waals surface area contributed by atoms with Crippen LogP contribution >= 0.6 is 0 Å². The number of rotatable bonds is 6. The molecular formula is C13H27N3O. The molecule has 1 saturated heterocycles. The van der Waals surface area contributed by atoms with Crippen LogP contribution in [0.15, 0.2) is 0 Å². The molecule has 0 radical (unpaired) electrons. The number of hydrogen-bond donors (Lipinski definition) is 1. The van der Waals surface area contributed by atoms with E-state index in [9.17, 15) is 4.79 Å². The van der Waals surface area contributed by atoms with Gasteiger partial charge >= 0.3 is 0 Å². The zero-order valence-corrected chi connectivity index (χ0v) is 11.5. The molecule has 1 N–H and O–H groups in total. The van der Waals surface area contributed by atoms with Crippen molar-refractivity contribution in [2.24, 2.45) is 5.92 Å². The Bertz CT molecular complexity index is 223. The Morgan fingerprint density at radius 2 is 1.76 bits per heavy atom. The van der Waals surface area contributed by atoms with Crippen molar-refractivity contribution < 1.29 is 4.79 Å². The second kappa shape index (κ2) is 7.67. The van der Waals surface area contributed by atoms with E-state index >= 15 is 0 Å². The Balaban J connectivity index is 2.08. The molecular weight excluding hydrogens is 214 g/mol. The van der Waals surface area contributed by atoms with Gasteiger partial charge in [-0.15, -0.1) is 0 Å². The van der Waals surface area contributed by atoms with Crippen molar-refractivity contribution in [2.45, 2.75) is 27.2 Å². The van der Waals surface area contributed by atoms with Crippen molar-refractivity contribution in [2.75, 3.05) is 45.8 Å². The van der Waals surface area contributed by atoms with E-state index in [-0.39, 0.29) is 5.91 Å². The summed E-state index contributed by atoms with van der Waals surface area (Å²) in [5.41, 5.74) is 0. The highest BCUT2D eigenvalue weighted by atomic mass is 16.1. The van der Waals surface area contributed by atoms with E-state index in [4.69, 9.17) is 0 Å². The van der Waals surface area contributed by atoms with Gasteiger partial charge in [-0.1, -0.05) is 20.8 Å². The van der Waals surface area contributed by atoms with Gasteiger partial charge in [0.05, 0.1) is 0 Å². The maximum Gasteiger partial charge on any atom is 0.221 e. The van der Waals surface area contributed by atoms with Crippen molar-refractivity contribution in [3.8, 4) is 0 Å². The molecule has 100 valence electrons. The van der Waals surface area contributed by atoms with Crippen LogP contribution in [0.4, 0.5) is 0 Å². The van der Waals surface area contributed by atoms with Crippen molar-refractivity contribution in [1.82, 2.24) is 15.1 Å². The summed E-state index contributed by atoms with van der Waals surface area (Å²) < 4.78 is 0. The summed E-state index contributed by atoms with van der Waals surface area (Å²) in [7, 11) is 0. The average Bonchev–Trinajstić information content (AvgIpc) is 2.34. The van der Waals surface area contributed by atoms with Crippen LogP contribution < -0.4 is 5.32 Å². The largest absolute Gasteiger partial charge is 0.356 e. The summed E-state index contributed by atoms with van der Waals surface area (Å²) in [5, 5.41) is 2.97. The Morgan fingerprint density at radius 1 is 1.18 bits per heavy atom. The second-order valence-electron chi connectivity index (χ2n) is 5.22. The lowest BCUT2D eigenvalue weighted by molar-refractivity contribution is -0.121. The molecule has 0 bridgehead atoms. The summed E-state index contributed by atoms with van der Waals surface area (Å²) in [4.78, 5) is 16.4. The molecule has 0 aliphatic carbocycles. The summed E-state index contributed by atoms with van der Waals surface area (Å²) in [6.07, 6.45) is 0.638. The molecule has 0 aromatic carbocycles. The molecule has 1 fully saturated rings. The Morgan fingerprint density at radius 3 is 2.29 bits per heavy atom. The molecule has 1 aliphatic heterocycles. The maximum absolute atomic E-state index is 11.6. The van der Waals surface area contributed by atoms with E-state index in [1.54, 1.807) is 0 Å². The number of nitrogens with zero attached hydrogens (tertiary/aromatic N) is 2. The summed E-state index contributed by atoms with van der Waals surface area (Å²) in [6, 6.07) is 0. The molecule has 0 spiro atoms. The van der Waals surface area contributed by atoms with Crippen LogP contribution in [-0.2, 0) is 4.79 Å². The van der Waals surface area contributed by atoms with Crippen LogP contribution in [0.5, 0.6) is 0 Å². The quantitative estimate of drug-likeness (QED) is 0.747. The number of carbonyl (C=O) groups excluding carboxylic acids is 1. The smallest absolute Gasteiger partial charge is 0.221 e. The van der Waals surface area contributed by atoms with Gasteiger partial charge in [0.2, 0.25) is 5.91 Å². The van der Waals surface area contributed by atoms with Crippen molar-refractivity contribution in [1.29, 1.82) is 0 Å². The highest BCUT2D eigenvalue weighted by molar-refractivity contribution is 5.76. The third-order valence-electron chi connectivity index (χ3n) is 3.27. The minimum atomic E-state index is 0.191. The van der Waals surface area contributed by atoms with Crippen LogP contribution in [0.25, 0.3) is 0 Å². The van der Waals surface area contributed by atoms with Gasteiger partial charge in [0, 0.05) is 45.7 Å². The fourth-order valence-electron chi connectivity index (χ4n) is 2.00. The number of nitrogens with one attached hydrogen (secondary N) is 1. The third-order valence-corrected chi connectivity index (χ3v) is 3.27. The molecule has 0 saturated carbocycles. The van der Waals surface area contributed by atoms with Gasteiger partial charge in [0.25, 0.3) is 0 Å². The van der Waals surface area contributed by atoms with E-state index in [1.165, 1.54) is 0 Å². The maximum atomic E-state index is 11.6. The number of amides is 1. The first-order chi connectivity index (χ1) is 8.11. The highest BCUT2D eigenvalue weighted by Crippen LogP contribution is 2.01.